The highest BCUT2D eigenvalue weighted by Crippen LogP contribution is 2.52. The zero-order chi connectivity index (χ0) is 45.3. The van der Waals surface area contributed by atoms with Crippen LogP contribution in [0.1, 0.15) is 111 Å². The second kappa shape index (κ2) is 21.4. The lowest BCUT2D eigenvalue weighted by molar-refractivity contribution is -0.138. The number of unbranched alkanes of at least 4 members (excludes halogenated alkanes) is 7. The molecule has 1 amide bonds. The molecule has 65 heavy (non-hydrogen) atoms. The Labute approximate surface area is 393 Å². The molecule has 1 saturated heterocycles. The van der Waals surface area contributed by atoms with Crippen LogP contribution in [0.25, 0.3) is 28.7 Å². The highest BCUT2D eigenvalue weighted by atomic mass is 32.2. The molecule has 5 aromatic rings. The predicted octanol–water partition coefficient (Wildman–Crippen LogP) is 10.4. The van der Waals surface area contributed by atoms with Crippen molar-refractivity contribution in [3.8, 4) is 0 Å². The van der Waals surface area contributed by atoms with E-state index in [2.05, 4.69) is 102 Å². The van der Waals surface area contributed by atoms with Crippen molar-refractivity contribution in [1.29, 1.82) is 0 Å². The van der Waals surface area contributed by atoms with Crippen molar-refractivity contribution < 1.29 is 24.6 Å². The van der Waals surface area contributed by atoms with Crippen LogP contribution < -0.4 is 19.7 Å². The van der Waals surface area contributed by atoms with E-state index in [0.717, 1.165) is 92.0 Å². The molecule has 2 aliphatic heterocycles. The summed E-state index contributed by atoms with van der Waals surface area (Å²) < 4.78 is 2.23. The van der Waals surface area contributed by atoms with Crippen LogP contribution in [0.4, 0.5) is 11.4 Å². The maximum atomic E-state index is 13.7. The quantitative estimate of drug-likeness (QED) is 0.0474. The van der Waals surface area contributed by atoms with E-state index in [4.69, 9.17) is 17.3 Å². The number of carboxylic acid groups (broad SMARTS) is 2. The van der Waals surface area contributed by atoms with Gasteiger partial charge in [0.25, 0.3) is 11.5 Å². The monoisotopic (exact) mass is 923 g/mol. The third-order valence-corrected chi connectivity index (χ3v) is 15.2. The number of hydrogen-bond donors (Lipinski definition) is 2. The summed E-state index contributed by atoms with van der Waals surface area (Å²) in [7, 11) is 0. The summed E-state index contributed by atoms with van der Waals surface area (Å²) in [5.41, 5.74) is 8.95. The molecule has 334 valence electrons. The minimum absolute atomic E-state index is 0.218. The SMILES string of the molecule is O=C(O)CCCCCCCCCCN1C(=O)/C(=c2\sc(=CC=Cc3ccc4c(c3)C3CCCC3N4c3ccc(C=C(c4ccccc4)c4ccccc4)cc3)c(=O)n2CC(=O)O)SC1=S. The molecular weight excluding hydrogens is 871 g/mol. The standard InChI is InChI=1S/C53H53N3O6S3/c57-47(58)25-13-5-3-1-2-4-6-14-32-54-51(62)49(65-53(54)63)52-55(35-48(59)60)50(61)46(64-52)24-15-17-36-28-31-45-43(34-36)41-22-16-23-44(41)56(45)40-29-26-37(27-30-40)33-42(38-18-9-7-10-19-38)39-20-11-8-12-21-39/h7-12,15,17-21,24,26-31,33-34,41,44H,1-6,13-14,16,22-23,25,32,35H2,(H,57,58)(H,59,60)/b17-15?,46-24?,52-49+. The fourth-order valence-electron chi connectivity index (χ4n) is 9.34. The Hall–Kier alpha value is -5.82. The largest absolute Gasteiger partial charge is 0.481 e. The highest BCUT2D eigenvalue weighted by Gasteiger charge is 2.42. The van der Waals surface area contributed by atoms with Crippen molar-refractivity contribution in [1.82, 2.24) is 9.47 Å². The van der Waals surface area contributed by atoms with E-state index in [9.17, 15) is 24.3 Å². The molecule has 1 saturated carbocycles. The van der Waals surface area contributed by atoms with Crippen LogP contribution in [0.15, 0.2) is 114 Å². The summed E-state index contributed by atoms with van der Waals surface area (Å²) in [5.74, 6) is -1.80. The lowest BCUT2D eigenvalue weighted by atomic mass is 9.95. The minimum Gasteiger partial charge on any atom is -0.481 e. The number of thiazole rings is 1. The van der Waals surface area contributed by atoms with E-state index in [1.165, 1.54) is 44.6 Å². The summed E-state index contributed by atoms with van der Waals surface area (Å²) in [5, 5.41) is 18.5. The Morgan fingerprint density at radius 1 is 0.754 bits per heavy atom. The van der Waals surface area contributed by atoms with E-state index in [1.807, 2.05) is 24.3 Å². The maximum absolute atomic E-state index is 13.7. The molecular formula is C53H53N3O6S3. The molecule has 0 bridgehead atoms. The van der Waals surface area contributed by atoms with Crippen molar-refractivity contribution in [3.63, 3.8) is 0 Å². The lowest BCUT2D eigenvalue weighted by Crippen LogP contribution is -2.35. The molecule has 0 radical (unpaired) electrons. The number of thioether (sulfide) groups is 1. The molecule has 2 fully saturated rings. The Bertz CT molecular complexity index is 2750. The molecule has 4 aromatic carbocycles. The first-order chi connectivity index (χ1) is 31.7. The summed E-state index contributed by atoms with van der Waals surface area (Å²) >= 11 is 7.84. The summed E-state index contributed by atoms with van der Waals surface area (Å²) in [6, 6.07) is 36.9. The topological polar surface area (TPSA) is 120 Å². The first-order valence-electron chi connectivity index (χ1n) is 22.6. The number of aromatic nitrogens is 1. The number of nitrogens with zero attached hydrogens (tertiary/aromatic N) is 3. The number of fused-ring (bicyclic) bond motifs is 3. The molecule has 8 rings (SSSR count). The fourth-order valence-corrected chi connectivity index (χ4v) is 11.9. The van der Waals surface area contributed by atoms with E-state index < -0.39 is 24.0 Å². The molecule has 12 heteroatoms. The number of hydrogen-bond acceptors (Lipinski definition) is 8. The van der Waals surface area contributed by atoms with Gasteiger partial charge in [0.05, 0.1) is 4.53 Å². The van der Waals surface area contributed by atoms with Crippen molar-refractivity contribution >= 4 is 97.6 Å². The Kier molecular flexibility index (Phi) is 15.1. The molecule has 1 aliphatic carbocycles. The average Bonchev–Trinajstić information content (AvgIpc) is 4.06. The van der Waals surface area contributed by atoms with Gasteiger partial charge in [0, 0.05) is 36.3 Å². The number of benzene rings is 4. The lowest BCUT2D eigenvalue weighted by Gasteiger charge is -2.27. The number of anilines is 2. The van der Waals surface area contributed by atoms with E-state index in [1.54, 1.807) is 11.0 Å². The van der Waals surface area contributed by atoms with Gasteiger partial charge in [-0.1, -0.05) is 160 Å². The van der Waals surface area contributed by atoms with Gasteiger partial charge in [-0.05, 0) is 95.5 Å². The zero-order valence-corrected chi connectivity index (χ0v) is 38.7. The average molecular weight is 924 g/mol. The number of rotatable bonds is 19. The van der Waals surface area contributed by atoms with Gasteiger partial charge < -0.3 is 15.1 Å². The molecule has 3 heterocycles. The van der Waals surface area contributed by atoms with Crippen molar-refractivity contribution in [2.45, 2.75) is 95.6 Å². The number of aliphatic carboxylic acids is 2. The van der Waals surface area contributed by atoms with Gasteiger partial charge in [0.15, 0.2) is 0 Å². The third kappa shape index (κ3) is 10.8. The highest BCUT2D eigenvalue weighted by molar-refractivity contribution is 8.30. The van der Waals surface area contributed by atoms with E-state index in [-0.39, 0.29) is 17.2 Å². The van der Waals surface area contributed by atoms with Crippen molar-refractivity contribution in [3.05, 3.63) is 157 Å². The van der Waals surface area contributed by atoms with Crippen LogP contribution in [0, 0.1) is 0 Å². The number of allylic oxidation sites excluding steroid dienone is 1. The van der Waals surface area contributed by atoms with Gasteiger partial charge >= 0.3 is 11.9 Å². The van der Waals surface area contributed by atoms with Gasteiger partial charge in [-0.15, -0.1) is 11.3 Å². The Balaban J connectivity index is 0.971. The molecule has 9 nitrogen and oxygen atoms in total. The fraction of sp³-hybridized carbons (Fsp3) is 0.302. The van der Waals surface area contributed by atoms with E-state index >= 15 is 0 Å². The summed E-state index contributed by atoms with van der Waals surface area (Å²) in [4.78, 5) is 54.3. The number of carboxylic acids is 2. The minimum atomic E-state index is -1.17. The van der Waals surface area contributed by atoms with Gasteiger partial charge in [0.1, 0.15) is 20.4 Å². The van der Waals surface area contributed by atoms with Crippen LogP contribution in [0.2, 0.25) is 0 Å². The van der Waals surface area contributed by atoms with Crippen LogP contribution in [-0.2, 0) is 20.9 Å². The first kappa shape index (κ1) is 45.7. The molecule has 3 aliphatic rings. The molecule has 0 spiro atoms. The predicted molar refractivity (Wildman–Crippen MR) is 269 cm³/mol. The normalized spacial score (nSPS) is 17.9. The Morgan fingerprint density at radius 3 is 2.06 bits per heavy atom. The second-order valence-electron chi connectivity index (χ2n) is 16.9. The van der Waals surface area contributed by atoms with Crippen LogP contribution in [0.5, 0.6) is 0 Å². The van der Waals surface area contributed by atoms with E-state index in [0.29, 0.717) is 38.4 Å². The van der Waals surface area contributed by atoms with Gasteiger partial charge in [0.2, 0.25) is 0 Å². The van der Waals surface area contributed by atoms with Crippen LogP contribution in [-0.4, -0.2) is 54.4 Å². The summed E-state index contributed by atoms with van der Waals surface area (Å²) in [6.07, 6.45) is 18.9. The van der Waals surface area contributed by atoms with Crippen LogP contribution >= 0.6 is 35.3 Å². The van der Waals surface area contributed by atoms with Gasteiger partial charge in [-0.3, -0.25) is 28.6 Å². The first-order valence-corrected chi connectivity index (χ1v) is 24.7. The number of carbonyl (C=O) groups is 3. The molecule has 2 N–H and O–H groups in total. The number of carbonyl (C=O) groups excluding carboxylic acids is 1. The van der Waals surface area contributed by atoms with Crippen LogP contribution in [0.3, 0.4) is 0 Å². The molecule has 1 aromatic heterocycles. The van der Waals surface area contributed by atoms with Gasteiger partial charge in [-0.2, -0.15) is 0 Å². The maximum Gasteiger partial charge on any atom is 0.323 e. The number of thiocarbonyl (C=S) groups is 1. The van der Waals surface area contributed by atoms with Crippen molar-refractivity contribution in [2.75, 3.05) is 11.4 Å². The zero-order valence-electron chi connectivity index (χ0n) is 36.3. The molecule has 2 unspecified atom stereocenters. The summed E-state index contributed by atoms with van der Waals surface area (Å²) in [6.45, 7) is -0.105. The second-order valence-corrected chi connectivity index (χ2v) is 19.6. The number of amides is 1. The molecule has 2 atom stereocenters. The van der Waals surface area contributed by atoms with Crippen molar-refractivity contribution in [2.24, 2.45) is 0 Å². The smallest absolute Gasteiger partial charge is 0.323 e. The van der Waals surface area contributed by atoms with Gasteiger partial charge in [-0.25, -0.2) is 0 Å². The third-order valence-electron chi connectivity index (χ3n) is 12.5. The Morgan fingerprint density at radius 2 is 1.40 bits per heavy atom.